The molecule has 0 saturated carbocycles. The maximum Gasteiger partial charge on any atom is 0.246 e. The summed E-state index contributed by atoms with van der Waals surface area (Å²) in [5, 5.41) is 3.28. The molecule has 0 spiro atoms. The van der Waals surface area contributed by atoms with Crippen molar-refractivity contribution in [2.75, 3.05) is 41.3 Å². The van der Waals surface area contributed by atoms with Gasteiger partial charge in [0.2, 0.25) is 5.91 Å². The lowest BCUT2D eigenvalue weighted by atomic mass is 10.0. The fourth-order valence-electron chi connectivity index (χ4n) is 3.83. The van der Waals surface area contributed by atoms with Gasteiger partial charge >= 0.3 is 0 Å². The van der Waals surface area contributed by atoms with Crippen LogP contribution in [-0.2, 0) is 11.2 Å². The van der Waals surface area contributed by atoms with Crippen molar-refractivity contribution in [3.63, 3.8) is 0 Å². The van der Waals surface area contributed by atoms with Gasteiger partial charge in [-0.05, 0) is 61.6 Å². The summed E-state index contributed by atoms with van der Waals surface area (Å²) in [6, 6.07) is 16.7. The fourth-order valence-corrected chi connectivity index (χ4v) is 3.83. The van der Waals surface area contributed by atoms with E-state index in [9.17, 15) is 4.79 Å². The monoisotopic (exact) mass is 335 g/mol. The third-order valence-electron chi connectivity index (χ3n) is 5.19. The van der Waals surface area contributed by atoms with E-state index in [0.29, 0.717) is 6.54 Å². The topological polar surface area (TPSA) is 35.6 Å². The first-order chi connectivity index (χ1) is 12.3. The number of para-hydroxylation sites is 1. The van der Waals surface area contributed by atoms with Crippen molar-refractivity contribution in [3.8, 4) is 0 Å². The summed E-state index contributed by atoms with van der Waals surface area (Å²) < 4.78 is 0. The zero-order chi connectivity index (χ0) is 17.1. The molecule has 130 valence electrons. The zero-order valence-electron chi connectivity index (χ0n) is 14.6. The third-order valence-corrected chi connectivity index (χ3v) is 5.19. The van der Waals surface area contributed by atoms with Gasteiger partial charge in [0.25, 0.3) is 0 Å². The van der Waals surface area contributed by atoms with Crippen LogP contribution in [0.3, 0.4) is 0 Å². The normalized spacial score (nSPS) is 16.6. The van der Waals surface area contributed by atoms with Crippen LogP contribution in [-0.4, -0.2) is 32.1 Å². The molecule has 1 fully saturated rings. The lowest BCUT2D eigenvalue weighted by molar-refractivity contribution is -0.117. The minimum Gasteiger partial charge on any atom is -0.376 e. The molecule has 0 bridgehead atoms. The number of hydrogen-bond donors (Lipinski definition) is 1. The van der Waals surface area contributed by atoms with E-state index in [0.717, 1.165) is 43.9 Å². The summed E-state index contributed by atoms with van der Waals surface area (Å²) >= 11 is 0. The minimum atomic E-state index is 0.135. The van der Waals surface area contributed by atoms with Crippen LogP contribution in [0.4, 0.5) is 17.1 Å². The van der Waals surface area contributed by atoms with E-state index >= 15 is 0 Å². The maximum absolute atomic E-state index is 12.7. The molecule has 25 heavy (non-hydrogen) atoms. The van der Waals surface area contributed by atoms with Crippen LogP contribution in [0, 0.1) is 0 Å². The van der Waals surface area contributed by atoms with E-state index < -0.39 is 0 Å². The summed E-state index contributed by atoms with van der Waals surface area (Å²) in [6.45, 7) is 3.45. The van der Waals surface area contributed by atoms with E-state index in [1.165, 1.54) is 24.1 Å². The van der Waals surface area contributed by atoms with Gasteiger partial charge in [0.1, 0.15) is 0 Å². The Hall–Kier alpha value is -2.49. The molecule has 1 saturated heterocycles. The molecule has 4 heteroatoms. The van der Waals surface area contributed by atoms with Gasteiger partial charge < -0.3 is 15.1 Å². The molecule has 0 atom stereocenters. The zero-order valence-corrected chi connectivity index (χ0v) is 14.6. The highest BCUT2D eigenvalue weighted by Gasteiger charge is 2.21. The Bertz CT molecular complexity index is 735. The molecule has 1 N–H and O–H groups in total. The van der Waals surface area contributed by atoms with Crippen molar-refractivity contribution in [2.24, 2.45) is 0 Å². The summed E-state index contributed by atoms with van der Waals surface area (Å²) in [5.41, 5.74) is 4.63. The molecule has 4 nitrogen and oxygen atoms in total. The quantitative estimate of drug-likeness (QED) is 0.926. The molecular formula is C21H25N3O. The predicted molar refractivity (Wildman–Crippen MR) is 103 cm³/mol. The lowest BCUT2D eigenvalue weighted by Crippen LogP contribution is -2.39. The van der Waals surface area contributed by atoms with Gasteiger partial charge in [-0.1, -0.05) is 18.2 Å². The van der Waals surface area contributed by atoms with Crippen molar-refractivity contribution in [1.82, 2.24) is 0 Å². The van der Waals surface area contributed by atoms with Gasteiger partial charge in [0.05, 0.1) is 6.54 Å². The van der Waals surface area contributed by atoms with Crippen LogP contribution >= 0.6 is 0 Å². The Balaban J connectivity index is 1.37. The molecule has 1 amide bonds. The molecule has 0 aromatic heterocycles. The number of hydrogen-bond acceptors (Lipinski definition) is 3. The number of aryl methyl sites for hydroxylation is 1. The molecule has 2 heterocycles. The molecule has 2 aliphatic rings. The van der Waals surface area contributed by atoms with Crippen LogP contribution < -0.4 is 15.1 Å². The smallest absolute Gasteiger partial charge is 0.246 e. The summed E-state index contributed by atoms with van der Waals surface area (Å²) in [5.74, 6) is 0.135. The second kappa shape index (κ2) is 7.18. The fraction of sp³-hybridized carbons (Fsp3) is 0.381. The van der Waals surface area contributed by atoms with Crippen molar-refractivity contribution in [2.45, 2.75) is 25.7 Å². The van der Waals surface area contributed by atoms with Crippen LogP contribution in [0.15, 0.2) is 48.5 Å². The van der Waals surface area contributed by atoms with Crippen LogP contribution in [0.1, 0.15) is 24.8 Å². The maximum atomic E-state index is 12.7. The number of benzene rings is 2. The van der Waals surface area contributed by atoms with E-state index in [1.807, 2.05) is 17.0 Å². The van der Waals surface area contributed by atoms with E-state index in [2.05, 4.69) is 46.6 Å². The Morgan fingerprint density at radius 3 is 2.48 bits per heavy atom. The molecule has 4 rings (SSSR count). The standard InChI is InChI=1S/C21H25N3O/c25-21(24-15-5-7-17-6-1-2-8-20(17)24)16-22-18-9-11-19(12-10-18)23-13-3-4-14-23/h1-2,6,8-12,22H,3-5,7,13-16H2. The van der Waals surface area contributed by atoms with Crippen molar-refractivity contribution < 1.29 is 4.79 Å². The van der Waals surface area contributed by atoms with Crippen LogP contribution in [0.25, 0.3) is 0 Å². The Morgan fingerprint density at radius 2 is 1.68 bits per heavy atom. The van der Waals surface area contributed by atoms with Gasteiger partial charge in [0, 0.05) is 36.7 Å². The van der Waals surface area contributed by atoms with Gasteiger partial charge in [0.15, 0.2) is 0 Å². The SMILES string of the molecule is O=C(CNc1ccc(N2CCCC2)cc1)N1CCCc2ccccc21. The second-order valence-electron chi connectivity index (χ2n) is 6.87. The number of fused-ring (bicyclic) bond motifs is 1. The molecule has 2 aromatic rings. The van der Waals surface area contributed by atoms with Crippen LogP contribution in [0.5, 0.6) is 0 Å². The number of anilines is 3. The number of rotatable bonds is 4. The Labute approximate surface area is 149 Å². The average molecular weight is 335 g/mol. The number of nitrogens with one attached hydrogen (secondary N) is 1. The molecule has 2 aromatic carbocycles. The van der Waals surface area contributed by atoms with E-state index in [1.54, 1.807) is 0 Å². The largest absolute Gasteiger partial charge is 0.376 e. The number of amides is 1. The van der Waals surface area contributed by atoms with Crippen molar-refractivity contribution in [3.05, 3.63) is 54.1 Å². The van der Waals surface area contributed by atoms with Crippen molar-refractivity contribution in [1.29, 1.82) is 0 Å². The molecule has 0 radical (unpaired) electrons. The van der Waals surface area contributed by atoms with E-state index in [-0.39, 0.29) is 5.91 Å². The Morgan fingerprint density at radius 1 is 0.920 bits per heavy atom. The number of carbonyl (C=O) groups is 1. The summed E-state index contributed by atoms with van der Waals surface area (Å²) in [7, 11) is 0. The van der Waals surface area contributed by atoms with Gasteiger partial charge in [-0.3, -0.25) is 4.79 Å². The Kier molecular flexibility index (Phi) is 4.59. The highest BCUT2D eigenvalue weighted by atomic mass is 16.2. The van der Waals surface area contributed by atoms with E-state index in [4.69, 9.17) is 0 Å². The first-order valence-corrected chi connectivity index (χ1v) is 9.28. The summed E-state index contributed by atoms with van der Waals surface area (Å²) in [6.07, 6.45) is 4.66. The first kappa shape index (κ1) is 16.0. The summed E-state index contributed by atoms with van der Waals surface area (Å²) in [4.78, 5) is 17.0. The second-order valence-corrected chi connectivity index (χ2v) is 6.87. The highest BCUT2D eigenvalue weighted by molar-refractivity contribution is 5.97. The predicted octanol–water partition coefficient (Wildman–Crippen LogP) is 3.68. The van der Waals surface area contributed by atoms with Gasteiger partial charge in [-0.2, -0.15) is 0 Å². The number of carbonyl (C=O) groups excluding carboxylic acids is 1. The molecule has 0 aliphatic carbocycles. The highest BCUT2D eigenvalue weighted by Crippen LogP contribution is 2.27. The molecule has 2 aliphatic heterocycles. The minimum absolute atomic E-state index is 0.135. The third kappa shape index (κ3) is 3.48. The number of nitrogens with zero attached hydrogens (tertiary/aromatic N) is 2. The first-order valence-electron chi connectivity index (χ1n) is 9.28. The average Bonchev–Trinajstić information content (AvgIpc) is 3.21. The van der Waals surface area contributed by atoms with Crippen molar-refractivity contribution >= 4 is 23.0 Å². The van der Waals surface area contributed by atoms with Crippen LogP contribution in [0.2, 0.25) is 0 Å². The molecular weight excluding hydrogens is 310 g/mol. The van der Waals surface area contributed by atoms with Gasteiger partial charge in [-0.25, -0.2) is 0 Å². The molecule has 0 unspecified atom stereocenters. The lowest BCUT2D eigenvalue weighted by Gasteiger charge is -2.29. The van der Waals surface area contributed by atoms with Gasteiger partial charge in [-0.15, -0.1) is 0 Å².